The number of anilines is 1. The summed E-state index contributed by atoms with van der Waals surface area (Å²) in [4.78, 5) is 11.7. The van der Waals surface area contributed by atoms with E-state index in [-0.39, 0.29) is 30.0 Å². The van der Waals surface area contributed by atoms with Crippen molar-refractivity contribution in [3.63, 3.8) is 0 Å². The fraction of sp³-hybridized carbons (Fsp3) is 0.611. The zero-order valence-corrected chi connectivity index (χ0v) is 13.2. The van der Waals surface area contributed by atoms with Crippen LogP contribution in [0.3, 0.4) is 0 Å². The maximum atomic E-state index is 11.7. The Kier molecular flexibility index (Phi) is 4.79. The highest BCUT2D eigenvalue weighted by molar-refractivity contribution is 5.93. The first-order valence-corrected chi connectivity index (χ1v) is 8.48. The molecule has 3 atom stereocenters. The number of nitrogens with one attached hydrogen (secondary N) is 2. The van der Waals surface area contributed by atoms with Crippen LogP contribution in [0.15, 0.2) is 24.3 Å². The van der Waals surface area contributed by atoms with Gasteiger partial charge in [0.25, 0.3) is 0 Å². The molecular weight excluding hydrogens is 276 g/mol. The summed E-state index contributed by atoms with van der Waals surface area (Å²) in [5.74, 6) is 0.373. The number of aliphatic hydroxyl groups excluding tert-OH is 1. The van der Waals surface area contributed by atoms with Crippen molar-refractivity contribution in [3.05, 3.63) is 29.8 Å². The molecule has 2 saturated carbocycles. The van der Waals surface area contributed by atoms with Gasteiger partial charge in [-0.15, -0.1) is 0 Å². The first kappa shape index (κ1) is 15.5. The summed E-state index contributed by atoms with van der Waals surface area (Å²) in [5, 5.41) is 16.6. The second-order valence-electron chi connectivity index (χ2n) is 6.73. The van der Waals surface area contributed by atoms with Crippen LogP contribution in [0, 0.1) is 5.92 Å². The van der Waals surface area contributed by atoms with Crippen molar-refractivity contribution >= 4 is 11.6 Å². The molecule has 1 aromatic rings. The average Bonchev–Trinajstić information content (AvgIpc) is 3.35. The van der Waals surface area contributed by atoms with E-state index in [0.29, 0.717) is 0 Å². The summed E-state index contributed by atoms with van der Waals surface area (Å²) in [6.45, 7) is 2.12. The Balaban J connectivity index is 1.55. The molecule has 2 fully saturated rings. The SMILES string of the molecule is CC(NC1CCCCC1O)c1ccc(NC(=O)C2CC2)cc1. The van der Waals surface area contributed by atoms with Crippen molar-refractivity contribution in [1.82, 2.24) is 5.32 Å². The third-order valence-electron chi connectivity index (χ3n) is 4.82. The lowest BCUT2D eigenvalue weighted by Gasteiger charge is -2.31. The molecule has 22 heavy (non-hydrogen) atoms. The van der Waals surface area contributed by atoms with Gasteiger partial charge >= 0.3 is 0 Å². The number of benzene rings is 1. The van der Waals surface area contributed by atoms with Crippen LogP contribution in [-0.2, 0) is 4.79 Å². The monoisotopic (exact) mass is 302 g/mol. The number of carbonyl (C=O) groups is 1. The van der Waals surface area contributed by atoms with Crippen LogP contribution in [-0.4, -0.2) is 23.2 Å². The van der Waals surface area contributed by atoms with Gasteiger partial charge in [-0.25, -0.2) is 0 Å². The number of hydrogen-bond acceptors (Lipinski definition) is 3. The smallest absolute Gasteiger partial charge is 0.227 e. The van der Waals surface area contributed by atoms with E-state index in [2.05, 4.69) is 29.7 Å². The van der Waals surface area contributed by atoms with Gasteiger partial charge in [0, 0.05) is 23.7 Å². The van der Waals surface area contributed by atoms with E-state index in [1.165, 1.54) is 12.0 Å². The molecule has 0 saturated heterocycles. The summed E-state index contributed by atoms with van der Waals surface area (Å²) >= 11 is 0. The Bertz CT molecular complexity index is 510. The van der Waals surface area contributed by atoms with Gasteiger partial charge in [0.15, 0.2) is 0 Å². The largest absolute Gasteiger partial charge is 0.392 e. The van der Waals surface area contributed by atoms with Crippen molar-refractivity contribution in [2.24, 2.45) is 5.92 Å². The number of aliphatic hydroxyl groups is 1. The fourth-order valence-corrected chi connectivity index (χ4v) is 3.17. The van der Waals surface area contributed by atoms with Crippen molar-refractivity contribution in [3.8, 4) is 0 Å². The van der Waals surface area contributed by atoms with E-state index < -0.39 is 0 Å². The Hall–Kier alpha value is -1.39. The Morgan fingerprint density at radius 1 is 1.14 bits per heavy atom. The van der Waals surface area contributed by atoms with Crippen molar-refractivity contribution < 1.29 is 9.90 Å². The van der Waals surface area contributed by atoms with E-state index >= 15 is 0 Å². The van der Waals surface area contributed by atoms with Gasteiger partial charge in [0.05, 0.1) is 6.10 Å². The van der Waals surface area contributed by atoms with E-state index in [1.807, 2.05) is 12.1 Å². The zero-order valence-electron chi connectivity index (χ0n) is 13.2. The zero-order chi connectivity index (χ0) is 15.5. The van der Waals surface area contributed by atoms with Crippen LogP contribution in [0.2, 0.25) is 0 Å². The molecule has 3 N–H and O–H groups in total. The molecule has 1 aromatic carbocycles. The summed E-state index contributed by atoms with van der Waals surface area (Å²) in [7, 11) is 0. The number of carbonyl (C=O) groups excluding carboxylic acids is 1. The average molecular weight is 302 g/mol. The van der Waals surface area contributed by atoms with Crippen LogP contribution in [0.4, 0.5) is 5.69 Å². The summed E-state index contributed by atoms with van der Waals surface area (Å²) in [6.07, 6.45) is 6.07. The number of amides is 1. The molecule has 120 valence electrons. The van der Waals surface area contributed by atoms with Crippen LogP contribution in [0.25, 0.3) is 0 Å². The van der Waals surface area contributed by atoms with Crippen LogP contribution in [0.1, 0.15) is 57.1 Å². The Morgan fingerprint density at radius 3 is 2.45 bits per heavy atom. The topological polar surface area (TPSA) is 61.4 Å². The molecule has 0 bridgehead atoms. The molecule has 0 radical (unpaired) electrons. The molecule has 0 aromatic heterocycles. The van der Waals surface area contributed by atoms with Crippen LogP contribution >= 0.6 is 0 Å². The molecule has 3 unspecified atom stereocenters. The fourth-order valence-electron chi connectivity index (χ4n) is 3.17. The van der Waals surface area contributed by atoms with E-state index in [1.54, 1.807) is 0 Å². The van der Waals surface area contributed by atoms with Crippen LogP contribution in [0.5, 0.6) is 0 Å². The van der Waals surface area contributed by atoms with Gasteiger partial charge in [-0.3, -0.25) is 4.79 Å². The standard InChI is InChI=1S/C18H26N2O2/c1-12(19-16-4-2-3-5-17(16)21)13-8-10-15(11-9-13)20-18(22)14-6-7-14/h8-12,14,16-17,19,21H,2-7H2,1H3,(H,20,22). The first-order chi connectivity index (χ1) is 10.6. The molecule has 2 aliphatic carbocycles. The Morgan fingerprint density at radius 2 is 1.82 bits per heavy atom. The minimum Gasteiger partial charge on any atom is -0.392 e. The molecule has 3 rings (SSSR count). The first-order valence-electron chi connectivity index (χ1n) is 8.48. The normalized spacial score (nSPS) is 26.5. The summed E-state index contributed by atoms with van der Waals surface area (Å²) in [5.41, 5.74) is 2.05. The second kappa shape index (κ2) is 6.80. The van der Waals surface area contributed by atoms with E-state index in [9.17, 15) is 9.90 Å². The third kappa shape index (κ3) is 3.87. The minimum absolute atomic E-state index is 0.143. The highest BCUT2D eigenvalue weighted by atomic mass is 16.3. The number of hydrogen-bond donors (Lipinski definition) is 3. The van der Waals surface area contributed by atoms with Gasteiger partial charge in [0.1, 0.15) is 0 Å². The summed E-state index contributed by atoms with van der Waals surface area (Å²) < 4.78 is 0. The lowest BCUT2D eigenvalue weighted by atomic mass is 9.91. The Labute approximate surface area is 132 Å². The molecule has 0 spiro atoms. The third-order valence-corrected chi connectivity index (χ3v) is 4.82. The van der Waals surface area contributed by atoms with Crippen LogP contribution < -0.4 is 10.6 Å². The highest BCUT2D eigenvalue weighted by Gasteiger charge is 2.29. The van der Waals surface area contributed by atoms with Crippen molar-refractivity contribution in [1.29, 1.82) is 0 Å². The van der Waals surface area contributed by atoms with E-state index in [4.69, 9.17) is 0 Å². The molecular formula is C18H26N2O2. The lowest BCUT2D eigenvalue weighted by Crippen LogP contribution is -2.43. The maximum absolute atomic E-state index is 11.7. The van der Waals surface area contributed by atoms with E-state index in [0.717, 1.165) is 37.8 Å². The molecule has 1 amide bonds. The van der Waals surface area contributed by atoms with Gasteiger partial charge in [0.2, 0.25) is 5.91 Å². The lowest BCUT2D eigenvalue weighted by molar-refractivity contribution is -0.117. The molecule has 2 aliphatic rings. The van der Waals surface area contributed by atoms with Gasteiger partial charge in [-0.2, -0.15) is 0 Å². The van der Waals surface area contributed by atoms with Gasteiger partial charge in [-0.05, 0) is 50.3 Å². The van der Waals surface area contributed by atoms with Gasteiger partial charge < -0.3 is 15.7 Å². The van der Waals surface area contributed by atoms with Crippen molar-refractivity contribution in [2.75, 3.05) is 5.32 Å². The predicted molar refractivity (Wildman–Crippen MR) is 87.6 cm³/mol. The highest BCUT2D eigenvalue weighted by Crippen LogP contribution is 2.30. The molecule has 0 aliphatic heterocycles. The van der Waals surface area contributed by atoms with Gasteiger partial charge in [-0.1, -0.05) is 25.0 Å². The molecule has 0 heterocycles. The molecule has 4 heteroatoms. The maximum Gasteiger partial charge on any atom is 0.227 e. The predicted octanol–water partition coefficient (Wildman–Crippen LogP) is 2.99. The minimum atomic E-state index is -0.228. The second-order valence-corrected chi connectivity index (χ2v) is 6.73. The van der Waals surface area contributed by atoms with Crippen molar-refractivity contribution in [2.45, 2.75) is 63.6 Å². The quantitative estimate of drug-likeness (QED) is 0.783. The summed E-state index contributed by atoms with van der Waals surface area (Å²) in [6, 6.07) is 8.42. The molecule has 4 nitrogen and oxygen atoms in total. The number of rotatable bonds is 5.